The number of hydrogen-bond donors (Lipinski definition) is 0. The molecule has 0 saturated heterocycles. The van der Waals surface area contributed by atoms with Crippen LogP contribution in [0.2, 0.25) is 0 Å². The van der Waals surface area contributed by atoms with E-state index in [1.165, 1.54) is 5.56 Å². The molecule has 0 spiro atoms. The van der Waals surface area contributed by atoms with Crippen LogP contribution in [0.1, 0.15) is 33.4 Å². The van der Waals surface area contributed by atoms with Gasteiger partial charge in [0.25, 0.3) is 0 Å². The highest BCUT2D eigenvalue weighted by atomic mass is 16.1. The van der Waals surface area contributed by atoms with Crippen molar-refractivity contribution < 1.29 is 9.59 Å². The molecule has 0 fully saturated rings. The predicted octanol–water partition coefficient (Wildman–Crippen LogP) is 4.45. The Morgan fingerprint density at radius 2 is 1.57 bits per heavy atom. The standard InChI is InChI=1S/C19H18N2O2/c1-12-7-16(5-6-18(12)20-10-22)9-17-8-13(2)19(21-11-23)15(4)14(17)3/h5-8H,9H2,1-4H3. The molecule has 0 atom stereocenters. The number of benzene rings is 2. The van der Waals surface area contributed by atoms with E-state index < -0.39 is 0 Å². The number of nitrogens with zero attached hydrogens (tertiary/aromatic N) is 2. The topological polar surface area (TPSA) is 58.9 Å². The number of aryl methyl sites for hydroxylation is 2. The van der Waals surface area contributed by atoms with E-state index in [0.29, 0.717) is 11.4 Å². The average Bonchev–Trinajstić information content (AvgIpc) is 2.52. The zero-order chi connectivity index (χ0) is 17.0. The molecule has 4 heteroatoms. The second kappa shape index (κ2) is 6.97. The molecule has 23 heavy (non-hydrogen) atoms. The lowest BCUT2D eigenvalue weighted by Crippen LogP contribution is -1.97. The smallest absolute Gasteiger partial charge is 0.211 e. The minimum Gasteiger partial charge on any atom is -0.211 e. The summed E-state index contributed by atoms with van der Waals surface area (Å²) in [5.74, 6) is 0. The summed E-state index contributed by atoms with van der Waals surface area (Å²) in [5.41, 5.74) is 7.71. The third kappa shape index (κ3) is 3.51. The van der Waals surface area contributed by atoms with Crippen LogP contribution in [-0.2, 0) is 16.0 Å². The van der Waals surface area contributed by atoms with Gasteiger partial charge in [-0.2, -0.15) is 9.98 Å². The summed E-state index contributed by atoms with van der Waals surface area (Å²) >= 11 is 0. The number of hydrogen-bond acceptors (Lipinski definition) is 4. The summed E-state index contributed by atoms with van der Waals surface area (Å²) in [4.78, 5) is 28.4. The first-order chi connectivity index (χ1) is 11.0. The van der Waals surface area contributed by atoms with E-state index in [4.69, 9.17) is 0 Å². The van der Waals surface area contributed by atoms with Crippen molar-refractivity contribution in [3.8, 4) is 0 Å². The molecule has 0 N–H and O–H groups in total. The van der Waals surface area contributed by atoms with E-state index in [9.17, 15) is 9.59 Å². The van der Waals surface area contributed by atoms with E-state index in [0.717, 1.165) is 34.2 Å². The van der Waals surface area contributed by atoms with Crippen LogP contribution in [0, 0.1) is 27.7 Å². The van der Waals surface area contributed by atoms with Gasteiger partial charge in [0.2, 0.25) is 12.2 Å². The fourth-order valence-electron chi connectivity index (χ4n) is 2.78. The van der Waals surface area contributed by atoms with Crippen molar-refractivity contribution in [2.75, 3.05) is 0 Å². The Morgan fingerprint density at radius 1 is 0.870 bits per heavy atom. The van der Waals surface area contributed by atoms with E-state index in [1.807, 2.05) is 45.9 Å². The minimum absolute atomic E-state index is 0.642. The number of rotatable bonds is 4. The van der Waals surface area contributed by atoms with Crippen LogP contribution < -0.4 is 0 Å². The van der Waals surface area contributed by atoms with Gasteiger partial charge in [0.1, 0.15) is 0 Å². The molecule has 0 aliphatic heterocycles. The van der Waals surface area contributed by atoms with Crippen molar-refractivity contribution in [2.24, 2.45) is 9.98 Å². The zero-order valence-corrected chi connectivity index (χ0v) is 13.7. The average molecular weight is 306 g/mol. The molecule has 2 aromatic rings. The normalized spacial score (nSPS) is 9.91. The van der Waals surface area contributed by atoms with Crippen LogP contribution in [0.4, 0.5) is 11.4 Å². The molecule has 0 bridgehead atoms. The summed E-state index contributed by atoms with van der Waals surface area (Å²) in [6.07, 6.45) is 3.96. The third-order valence-corrected chi connectivity index (χ3v) is 4.14. The molecule has 2 aromatic carbocycles. The van der Waals surface area contributed by atoms with Gasteiger partial charge in [0.05, 0.1) is 11.4 Å². The van der Waals surface area contributed by atoms with Crippen LogP contribution in [0.3, 0.4) is 0 Å². The van der Waals surface area contributed by atoms with E-state index >= 15 is 0 Å². The summed E-state index contributed by atoms with van der Waals surface area (Å²) in [6, 6.07) is 7.88. The van der Waals surface area contributed by atoms with E-state index in [2.05, 4.69) is 16.1 Å². The van der Waals surface area contributed by atoms with Crippen molar-refractivity contribution in [1.82, 2.24) is 0 Å². The fourth-order valence-corrected chi connectivity index (χ4v) is 2.78. The maximum atomic E-state index is 10.6. The Balaban J connectivity index is 2.43. The third-order valence-electron chi connectivity index (χ3n) is 4.14. The molecule has 0 aromatic heterocycles. The van der Waals surface area contributed by atoms with Crippen molar-refractivity contribution in [3.05, 3.63) is 57.6 Å². The SMILES string of the molecule is Cc1cc(Cc2cc(C)c(N=C=O)c(C)c2C)ccc1N=C=O. The van der Waals surface area contributed by atoms with Gasteiger partial charge in [-0.3, -0.25) is 0 Å². The molecule has 0 saturated carbocycles. The van der Waals surface area contributed by atoms with Crippen LogP contribution in [-0.4, -0.2) is 12.2 Å². The first kappa shape index (κ1) is 16.6. The lowest BCUT2D eigenvalue weighted by molar-refractivity contribution is 0.564. The summed E-state index contributed by atoms with van der Waals surface area (Å²) in [6.45, 7) is 7.87. The minimum atomic E-state index is 0.642. The van der Waals surface area contributed by atoms with Crippen molar-refractivity contribution in [2.45, 2.75) is 34.1 Å². The Bertz CT molecular complexity index is 856. The van der Waals surface area contributed by atoms with Gasteiger partial charge in [0, 0.05) is 0 Å². The number of isocyanates is 2. The van der Waals surface area contributed by atoms with Crippen LogP contribution in [0.25, 0.3) is 0 Å². The van der Waals surface area contributed by atoms with Gasteiger partial charge >= 0.3 is 0 Å². The van der Waals surface area contributed by atoms with Gasteiger partial charge in [-0.25, -0.2) is 9.59 Å². The van der Waals surface area contributed by atoms with Crippen molar-refractivity contribution in [1.29, 1.82) is 0 Å². The first-order valence-corrected chi connectivity index (χ1v) is 7.33. The van der Waals surface area contributed by atoms with E-state index in [-0.39, 0.29) is 0 Å². The lowest BCUT2D eigenvalue weighted by atomic mass is 9.93. The quantitative estimate of drug-likeness (QED) is 0.619. The fraction of sp³-hybridized carbons (Fsp3) is 0.263. The monoisotopic (exact) mass is 306 g/mol. The van der Waals surface area contributed by atoms with Crippen molar-refractivity contribution in [3.63, 3.8) is 0 Å². The van der Waals surface area contributed by atoms with Gasteiger partial charge in [0.15, 0.2) is 0 Å². The molecule has 0 radical (unpaired) electrons. The largest absolute Gasteiger partial charge is 0.240 e. The lowest BCUT2D eigenvalue weighted by Gasteiger charge is -2.14. The molecule has 2 rings (SSSR count). The van der Waals surface area contributed by atoms with Crippen LogP contribution in [0.5, 0.6) is 0 Å². The molecular formula is C19H18N2O2. The molecule has 0 heterocycles. The summed E-state index contributed by atoms with van der Waals surface area (Å²) < 4.78 is 0. The summed E-state index contributed by atoms with van der Waals surface area (Å²) in [7, 11) is 0. The van der Waals surface area contributed by atoms with Crippen molar-refractivity contribution >= 4 is 23.5 Å². The predicted molar refractivity (Wildman–Crippen MR) is 90.2 cm³/mol. The molecule has 0 amide bonds. The Hall–Kier alpha value is -2.80. The molecule has 0 aliphatic carbocycles. The maximum absolute atomic E-state index is 10.6. The Kier molecular flexibility index (Phi) is 5.02. The second-order valence-electron chi connectivity index (χ2n) is 5.65. The second-order valence-corrected chi connectivity index (χ2v) is 5.65. The molecular weight excluding hydrogens is 288 g/mol. The summed E-state index contributed by atoms with van der Waals surface area (Å²) in [5, 5.41) is 0. The van der Waals surface area contributed by atoms with Crippen LogP contribution >= 0.6 is 0 Å². The number of aliphatic imine (C=N–C) groups is 2. The Labute approximate surface area is 135 Å². The molecule has 116 valence electrons. The highest BCUT2D eigenvalue weighted by molar-refractivity contribution is 5.62. The van der Waals surface area contributed by atoms with Gasteiger partial charge in [-0.15, -0.1) is 0 Å². The molecule has 0 unspecified atom stereocenters. The highest BCUT2D eigenvalue weighted by Crippen LogP contribution is 2.30. The first-order valence-electron chi connectivity index (χ1n) is 7.33. The molecule has 0 aliphatic rings. The van der Waals surface area contributed by atoms with Gasteiger partial charge < -0.3 is 0 Å². The zero-order valence-electron chi connectivity index (χ0n) is 13.7. The Morgan fingerprint density at radius 3 is 2.17 bits per heavy atom. The maximum Gasteiger partial charge on any atom is 0.240 e. The van der Waals surface area contributed by atoms with Crippen LogP contribution in [0.15, 0.2) is 34.3 Å². The van der Waals surface area contributed by atoms with Gasteiger partial charge in [-0.1, -0.05) is 18.2 Å². The van der Waals surface area contributed by atoms with Gasteiger partial charge in [-0.05, 0) is 73.6 Å². The van der Waals surface area contributed by atoms with E-state index in [1.54, 1.807) is 12.2 Å². The number of carbonyl (C=O) groups excluding carboxylic acids is 2. The molecule has 4 nitrogen and oxygen atoms in total. The highest BCUT2D eigenvalue weighted by Gasteiger charge is 2.11.